The third-order valence-corrected chi connectivity index (χ3v) is 5.81. The van der Waals surface area contributed by atoms with E-state index in [1.165, 1.54) is 16.9 Å². The second-order valence-corrected chi connectivity index (χ2v) is 8.12. The molecule has 158 valence electrons. The molecule has 0 unspecified atom stereocenters. The van der Waals surface area contributed by atoms with E-state index in [1.807, 2.05) is 60.0 Å². The normalized spacial score (nSPS) is 11.1. The maximum absolute atomic E-state index is 9.72. The van der Waals surface area contributed by atoms with Crippen molar-refractivity contribution in [2.75, 3.05) is 7.11 Å². The fourth-order valence-corrected chi connectivity index (χ4v) is 3.98. The van der Waals surface area contributed by atoms with Gasteiger partial charge in [0.25, 0.3) is 0 Å². The maximum Gasteiger partial charge on any atom is 0.161 e. The van der Waals surface area contributed by atoms with Crippen molar-refractivity contribution in [1.82, 2.24) is 4.98 Å². The number of aromatic nitrogens is 1. The van der Waals surface area contributed by atoms with E-state index in [1.54, 1.807) is 7.11 Å². The largest absolute Gasteiger partial charge is 0.493 e. The summed E-state index contributed by atoms with van der Waals surface area (Å²) in [4.78, 5) is 4.65. The van der Waals surface area contributed by atoms with Gasteiger partial charge in [-0.1, -0.05) is 66.2 Å². The topological polar surface area (TPSA) is 55.1 Å². The molecule has 1 heterocycles. The summed E-state index contributed by atoms with van der Waals surface area (Å²) in [5, 5.41) is 12.4. The number of hydrogen-bond donors (Lipinski definition) is 0. The molecule has 1 aromatic heterocycles. The molecule has 0 aliphatic heterocycles. The van der Waals surface area contributed by atoms with Gasteiger partial charge in [0.1, 0.15) is 17.7 Å². The zero-order valence-electron chi connectivity index (χ0n) is 17.9. The molecule has 0 aliphatic rings. The molecule has 0 amide bonds. The molecule has 0 aliphatic carbocycles. The summed E-state index contributed by atoms with van der Waals surface area (Å²) in [7, 11) is 1.61. The average Bonchev–Trinajstić information content (AvgIpc) is 3.33. The maximum atomic E-state index is 9.72. The van der Waals surface area contributed by atoms with Gasteiger partial charge in [-0.3, -0.25) is 0 Å². The van der Waals surface area contributed by atoms with Gasteiger partial charge in [-0.15, -0.1) is 11.3 Å². The van der Waals surface area contributed by atoms with Crippen LogP contribution in [0.1, 0.15) is 21.7 Å². The minimum absolute atomic E-state index is 0.455. The predicted molar refractivity (Wildman–Crippen MR) is 130 cm³/mol. The first-order valence-electron chi connectivity index (χ1n) is 10.2. The van der Waals surface area contributed by atoms with Crippen molar-refractivity contribution >= 4 is 23.0 Å². The van der Waals surface area contributed by atoms with Crippen LogP contribution in [0, 0.1) is 18.3 Å². The van der Waals surface area contributed by atoms with Crippen LogP contribution in [-0.2, 0) is 6.61 Å². The van der Waals surface area contributed by atoms with Crippen LogP contribution in [0.15, 0.2) is 78.2 Å². The van der Waals surface area contributed by atoms with Gasteiger partial charge in [0.2, 0.25) is 0 Å². The van der Waals surface area contributed by atoms with E-state index in [2.05, 4.69) is 42.2 Å². The summed E-state index contributed by atoms with van der Waals surface area (Å²) in [6.07, 6.45) is 1.82. The lowest BCUT2D eigenvalue weighted by molar-refractivity contribution is 0.284. The Morgan fingerprint density at radius 3 is 2.53 bits per heavy atom. The molecule has 0 fully saturated rings. The zero-order chi connectivity index (χ0) is 22.3. The van der Waals surface area contributed by atoms with Crippen LogP contribution in [-0.4, -0.2) is 12.1 Å². The number of nitrogens with zero attached hydrogens (tertiary/aromatic N) is 2. The Balaban J connectivity index is 1.54. The molecular weight excluding hydrogens is 416 g/mol. The summed E-state index contributed by atoms with van der Waals surface area (Å²) in [6, 6.07) is 26.1. The second kappa shape index (κ2) is 9.95. The van der Waals surface area contributed by atoms with Gasteiger partial charge in [-0.25, -0.2) is 4.98 Å². The number of ether oxygens (including phenoxy) is 2. The number of nitriles is 1. The van der Waals surface area contributed by atoms with Gasteiger partial charge in [0, 0.05) is 10.9 Å². The molecule has 0 atom stereocenters. The summed E-state index contributed by atoms with van der Waals surface area (Å²) < 4.78 is 11.5. The molecule has 0 radical (unpaired) electrons. The molecule has 32 heavy (non-hydrogen) atoms. The Bertz CT molecular complexity index is 1270. The zero-order valence-corrected chi connectivity index (χ0v) is 18.7. The van der Waals surface area contributed by atoms with E-state index in [-0.39, 0.29) is 0 Å². The third kappa shape index (κ3) is 5.05. The fourth-order valence-electron chi connectivity index (χ4n) is 3.19. The number of hydrogen-bond acceptors (Lipinski definition) is 5. The third-order valence-electron chi connectivity index (χ3n) is 4.94. The molecule has 4 rings (SSSR count). The molecule has 4 nitrogen and oxygen atoms in total. The first-order valence-corrected chi connectivity index (χ1v) is 11.0. The van der Waals surface area contributed by atoms with Crippen LogP contribution in [0.4, 0.5) is 0 Å². The predicted octanol–water partition coefficient (Wildman–Crippen LogP) is 6.77. The van der Waals surface area contributed by atoms with Crippen molar-refractivity contribution < 1.29 is 9.47 Å². The van der Waals surface area contributed by atoms with Gasteiger partial charge in [0.15, 0.2) is 11.5 Å². The van der Waals surface area contributed by atoms with Crippen LogP contribution in [0.25, 0.3) is 22.9 Å². The van der Waals surface area contributed by atoms with E-state index in [0.29, 0.717) is 28.7 Å². The van der Waals surface area contributed by atoms with Crippen LogP contribution in [0.3, 0.4) is 0 Å². The van der Waals surface area contributed by atoms with E-state index in [0.717, 1.165) is 22.4 Å². The van der Waals surface area contributed by atoms with Gasteiger partial charge < -0.3 is 9.47 Å². The van der Waals surface area contributed by atoms with Crippen LogP contribution in [0.2, 0.25) is 0 Å². The molecule has 0 saturated heterocycles. The molecule has 0 saturated carbocycles. The summed E-state index contributed by atoms with van der Waals surface area (Å²) in [5.41, 5.74) is 5.55. The van der Waals surface area contributed by atoms with Crippen molar-refractivity contribution in [2.45, 2.75) is 13.5 Å². The monoisotopic (exact) mass is 438 g/mol. The average molecular weight is 439 g/mol. The van der Waals surface area contributed by atoms with Gasteiger partial charge in [0.05, 0.1) is 18.4 Å². The van der Waals surface area contributed by atoms with Crippen molar-refractivity contribution in [3.8, 4) is 28.8 Å². The smallest absolute Gasteiger partial charge is 0.161 e. The number of benzene rings is 3. The first kappa shape index (κ1) is 21.4. The highest BCUT2D eigenvalue weighted by molar-refractivity contribution is 7.11. The minimum Gasteiger partial charge on any atom is -0.493 e. The Labute approximate surface area is 192 Å². The molecule has 0 N–H and O–H groups in total. The lowest BCUT2D eigenvalue weighted by atomic mass is 10.1. The van der Waals surface area contributed by atoms with Crippen LogP contribution in [0.5, 0.6) is 11.5 Å². The van der Waals surface area contributed by atoms with E-state index in [9.17, 15) is 5.26 Å². The first-order chi connectivity index (χ1) is 15.7. The summed E-state index contributed by atoms with van der Waals surface area (Å²) in [5.74, 6) is 1.27. The molecule has 4 aromatic rings. The summed E-state index contributed by atoms with van der Waals surface area (Å²) >= 11 is 1.46. The van der Waals surface area contributed by atoms with Crippen LogP contribution < -0.4 is 9.47 Å². The van der Waals surface area contributed by atoms with Crippen molar-refractivity contribution in [3.05, 3.63) is 99.9 Å². The number of aryl methyl sites for hydroxylation is 1. The fraction of sp³-hybridized carbons (Fsp3) is 0.111. The Kier molecular flexibility index (Phi) is 6.64. The highest BCUT2D eigenvalue weighted by Gasteiger charge is 2.11. The van der Waals surface area contributed by atoms with Crippen LogP contribution >= 0.6 is 11.3 Å². The van der Waals surface area contributed by atoms with E-state index >= 15 is 0 Å². The number of rotatable bonds is 7. The minimum atomic E-state index is 0.455. The lowest BCUT2D eigenvalue weighted by Crippen LogP contribution is -1.98. The molecule has 5 heteroatoms. The summed E-state index contributed by atoms with van der Waals surface area (Å²) in [6.45, 7) is 2.51. The molecule has 0 spiro atoms. The molecule has 0 bridgehead atoms. The Morgan fingerprint density at radius 1 is 1.03 bits per heavy atom. The quantitative estimate of drug-likeness (QED) is 0.299. The highest BCUT2D eigenvalue weighted by atomic mass is 32.1. The lowest BCUT2D eigenvalue weighted by Gasteiger charge is -2.11. The van der Waals surface area contributed by atoms with Gasteiger partial charge >= 0.3 is 0 Å². The van der Waals surface area contributed by atoms with Crippen molar-refractivity contribution in [2.24, 2.45) is 0 Å². The van der Waals surface area contributed by atoms with E-state index < -0.39 is 0 Å². The standard InChI is InChI=1S/C27H22N2O2S/c1-19-8-10-20(11-9-19)17-31-25-13-12-21(15-26(25)30-2)14-23(16-28)27-29-24(18-32-27)22-6-4-3-5-7-22/h3-15,18H,17H2,1-2H3/b23-14-. The van der Waals surface area contributed by atoms with Gasteiger partial charge in [-0.2, -0.15) is 5.26 Å². The Hall–Kier alpha value is -3.88. The second-order valence-electron chi connectivity index (χ2n) is 7.26. The van der Waals surface area contributed by atoms with E-state index in [4.69, 9.17) is 9.47 Å². The SMILES string of the molecule is COc1cc(/C=C(/C#N)c2nc(-c3ccccc3)cs2)ccc1OCc1ccc(C)cc1. The number of thiazole rings is 1. The Morgan fingerprint density at radius 2 is 1.81 bits per heavy atom. The number of allylic oxidation sites excluding steroid dienone is 1. The van der Waals surface area contributed by atoms with Crippen molar-refractivity contribution in [3.63, 3.8) is 0 Å². The number of methoxy groups -OCH3 is 1. The molecular formula is C27H22N2O2S. The van der Waals surface area contributed by atoms with Crippen molar-refractivity contribution in [1.29, 1.82) is 5.26 Å². The highest BCUT2D eigenvalue weighted by Crippen LogP contribution is 2.32. The van der Waals surface area contributed by atoms with Gasteiger partial charge in [-0.05, 0) is 36.3 Å². The molecule has 3 aromatic carbocycles.